The first-order chi connectivity index (χ1) is 9.88. The largest absolute Gasteiger partial charge is 0.478 e. The predicted octanol–water partition coefficient (Wildman–Crippen LogP) is 3.79. The number of nitrogens with zero attached hydrogens (tertiary/aromatic N) is 2. The van der Waals surface area contributed by atoms with Crippen LogP contribution in [0.25, 0.3) is 0 Å². The van der Waals surface area contributed by atoms with Crippen molar-refractivity contribution >= 4 is 17.6 Å². The maximum absolute atomic E-state index is 11.4. The topological polar surface area (TPSA) is 55.1 Å². The third kappa shape index (κ3) is 3.64. The van der Waals surface area contributed by atoms with Crippen LogP contribution in [0.2, 0.25) is 5.15 Å². The van der Waals surface area contributed by atoms with Crippen LogP contribution in [0.4, 0.5) is 0 Å². The lowest BCUT2D eigenvalue weighted by atomic mass is 10.1. The molecule has 21 heavy (non-hydrogen) atoms. The van der Waals surface area contributed by atoms with Crippen molar-refractivity contribution < 1.29 is 9.90 Å². The van der Waals surface area contributed by atoms with Crippen molar-refractivity contribution in [3.63, 3.8) is 0 Å². The molecule has 0 aliphatic carbocycles. The molecular formula is C16H19ClN2O2. The van der Waals surface area contributed by atoms with Gasteiger partial charge in [0, 0.05) is 0 Å². The molecule has 0 radical (unpaired) electrons. The Balaban J connectivity index is 2.35. The molecule has 0 unspecified atom stereocenters. The fourth-order valence-electron chi connectivity index (χ4n) is 2.20. The Morgan fingerprint density at radius 3 is 2.48 bits per heavy atom. The van der Waals surface area contributed by atoms with Gasteiger partial charge in [-0.25, -0.2) is 9.48 Å². The molecule has 1 aromatic carbocycles. The van der Waals surface area contributed by atoms with Gasteiger partial charge in [-0.2, -0.15) is 5.10 Å². The van der Waals surface area contributed by atoms with Crippen LogP contribution in [0.15, 0.2) is 24.3 Å². The van der Waals surface area contributed by atoms with Gasteiger partial charge < -0.3 is 5.11 Å². The Labute approximate surface area is 129 Å². The van der Waals surface area contributed by atoms with E-state index in [1.54, 1.807) is 4.68 Å². The number of aryl methyl sites for hydroxylation is 1. The molecule has 0 aliphatic heterocycles. The Morgan fingerprint density at radius 1 is 1.33 bits per heavy atom. The highest BCUT2D eigenvalue weighted by Crippen LogP contribution is 2.23. The second-order valence-corrected chi connectivity index (χ2v) is 6.02. The summed E-state index contributed by atoms with van der Waals surface area (Å²) >= 11 is 6.21. The van der Waals surface area contributed by atoms with Crippen molar-refractivity contribution in [2.24, 2.45) is 5.92 Å². The smallest absolute Gasteiger partial charge is 0.340 e. The Kier molecular flexibility index (Phi) is 4.68. The first-order valence-electron chi connectivity index (χ1n) is 6.92. The fourth-order valence-corrected chi connectivity index (χ4v) is 2.49. The third-order valence-corrected chi connectivity index (χ3v) is 3.62. The molecule has 2 aromatic rings. The molecule has 0 aliphatic rings. The molecule has 1 N–H and O–H groups in total. The van der Waals surface area contributed by atoms with Crippen molar-refractivity contribution in [3.8, 4) is 0 Å². The Morgan fingerprint density at radius 2 is 1.95 bits per heavy atom. The van der Waals surface area contributed by atoms with E-state index in [0.29, 0.717) is 24.6 Å². The lowest BCUT2D eigenvalue weighted by molar-refractivity contribution is 0.0695. The minimum Gasteiger partial charge on any atom is -0.478 e. The van der Waals surface area contributed by atoms with Crippen molar-refractivity contribution in [2.75, 3.05) is 0 Å². The predicted molar refractivity (Wildman–Crippen MR) is 83.0 cm³/mol. The Hall–Kier alpha value is -1.81. The van der Waals surface area contributed by atoms with Crippen LogP contribution in [0.1, 0.15) is 41.0 Å². The first-order valence-corrected chi connectivity index (χ1v) is 7.30. The van der Waals surface area contributed by atoms with E-state index in [2.05, 4.69) is 5.10 Å². The zero-order valence-electron chi connectivity index (χ0n) is 12.4. The highest BCUT2D eigenvalue weighted by atomic mass is 35.5. The maximum atomic E-state index is 11.4. The second kappa shape index (κ2) is 6.31. The number of carboxylic acids is 1. The zero-order valence-corrected chi connectivity index (χ0v) is 13.2. The lowest BCUT2D eigenvalue weighted by Crippen LogP contribution is -2.04. The highest BCUT2D eigenvalue weighted by molar-refractivity contribution is 6.32. The van der Waals surface area contributed by atoms with Crippen LogP contribution in [0.3, 0.4) is 0 Å². The van der Waals surface area contributed by atoms with Gasteiger partial charge >= 0.3 is 5.97 Å². The minimum absolute atomic E-state index is 0.123. The van der Waals surface area contributed by atoms with Gasteiger partial charge in [-0.1, -0.05) is 55.3 Å². The summed E-state index contributed by atoms with van der Waals surface area (Å²) in [6, 6.07) is 8.02. The number of carbonyl (C=O) groups is 1. The van der Waals surface area contributed by atoms with E-state index >= 15 is 0 Å². The molecule has 0 bridgehead atoms. The number of aromatic carboxylic acids is 1. The van der Waals surface area contributed by atoms with E-state index in [9.17, 15) is 9.90 Å². The van der Waals surface area contributed by atoms with Gasteiger partial charge in [0.25, 0.3) is 0 Å². The van der Waals surface area contributed by atoms with E-state index in [1.165, 1.54) is 5.56 Å². The molecule has 0 spiro atoms. The normalized spacial score (nSPS) is 11.1. The average molecular weight is 307 g/mol. The summed E-state index contributed by atoms with van der Waals surface area (Å²) in [7, 11) is 0. The molecule has 112 valence electrons. The van der Waals surface area contributed by atoms with Crippen LogP contribution in [-0.2, 0) is 13.0 Å². The number of aromatic nitrogens is 2. The van der Waals surface area contributed by atoms with Gasteiger partial charge in [0.05, 0.1) is 12.2 Å². The first kappa shape index (κ1) is 15.6. The van der Waals surface area contributed by atoms with Crippen LogP contribution in [0, 0.1) is 12.8 Å². The van der Waals surface area contributed by atoms with Gasteiger partial charge in [0.2, 0.25) is 0 Å². The van der Waals surface area contributed by atoms with E-state index in [1.807, 2.05) is 45.0 Å². The number of carboxylic acid groups (broad SMARTS) is 1. The van der Waals surface area contributed by atoms with Crippen molar-refractivity contribution in [3.05, 3.63) is 51.8 Å². The van der Waals surface area contributed by atoms with Crippen LogP contribution in [0.5, 0.6) is 0 Å². The van der Waals surface area contributed by atoms with Gasteiger partial charge in [-0.05, 0) is 24.8 Å². The van der Waals surface area contributed by atoms with Gasteiger partial charge in [0.1, 0.15) is 10.7 Å². The molecule has 0 saturated carbocycles. The van der Waals surface area contributed by atoms with Crippen LogP contribution < -0.4 is 0 Å². The summed E-state index contributed by atoms with van der Waals surface area (Å²) in [5.74, 6) is -0.701. The van der Waals surface area contributed by atoms with Gasteiger partial charge in [-0.3, -0.25) is 0 Å². The van der Waals surface area contributed by atoms with Gasteiger partial charge in [0.15, 0.2) is 0 Å². The summed E-state index contributed by atoms with van der Waals surface area (Å²) in [5.41, 5.74) is 2.89. The summed E-state index contributed by atoms with van der Waals surface area (Å²) in [6.07, 6.45) is 0.599. The average Bonchev–Trinajstić information content (AvgIpc) is 2.68. The molecule has 1 heterocycles. The minimum atomic E-state index is -1.02. The van der Waals surface area contributed by atoms with E-state index in [0.717, 1.165) is 5.56 Å². The molecule has 5 heteroatoms. The summed E-state index contributed by atoms with van der Waals surface area (Å²) in [6.45, 7) is 6.54. The van der Waals surface area contributed by atoms with E-state index in [4.69, 9.17) is 11.6 Å². The molecule has 0 amide bonds. The summed E-state index contributed by atoms with van der Waals surface area (Å²) in [5, 5.41) is 13.9. The SMILES string of the molecule is Cc1ccc(Cn2nc(CC(C)C)c(C(=O)O)c2Cl)cc1. The monoisotopic (exact) mass is 306 g/mol. The quantitative estimate of drug-likeness (QED) is 0.914. The molecular weight excluding hydrogens is 288 g/mol. The van der Waals surface area contributed by atoms with Crippen molar-refractivity contribution in [2.45, 2.75) is 33.7 Å². The summed E-state index contributed by atoms with van der Waals surface area (Å²) < 4.78 is 1.56. The number of benzene rings is 1. The van der Waals surface area contributed by atoms with Crippen LogP contribution >= 0.6 is 11.6 Å². The molecule has 1 aromatic heterocycles. The Bertz CT molecular complexity index is 645. The zero-order chi connectivity index (χ0) is 15.6. The summed E-state index contributed by atoms with van der Waals surface area (Å²) in [4.78, 5) is 11.4. The third-order valence-electron chi connectivity index (χ3n) is 3.23. The van der Waals surface area contributed by atoms with Crippen molar-refractivity contribution in [1.29, 1.82) is 0 Å². The number of hydrogen-bond acceptors (Lipinski definition) is 2. The highest BCUT2D eigenvalue weighted by Gasteiger charge is 2.22. The number of hydrogen-bond donors (Lipinski definition) is 1. The lowest BCUT2D eigenvalue weighted by Gasteiger charge is -2.04. The molecule has 0 atom stereocenters. The number of rotatable bonds is 5. The number of halogens is 1. The van der Waals surface area contributed by atoms with Gasteiger partial charge in [-0.15, -0.1) is 0 Å². The maximum Gasteiger partial charge on any atom is 0.340 e. The van der Waals surface area contributed by atoms with Crippen molar-refractivity contribution in [1.82, 2.24) is 9.78 Å². The van der Waals surface area contributed by atoms with E-state index < -0.39 is 5.97 Å². The molecule has 4 nitrogen and oxygen atoms in total. The molecule has 0 saturated heterocycles. The second-order valence-electron chi connectivity index (χ2n) is 5.66. The molecule has 2 rings (SSSR count). The molecule has 0 fully saturated rings. The van der Waals surface area contributed by atoms with Crippen LogP contribution in [-0.4, -0.2) is 20.9 Å². The standard InChI is InChI=1S/C16H19ClN2O2/c1-10(2)8-13-14(16(20)21)15(17)19(18-13)9-12-6-4-11(3)5-7-12/h4-7,10H,8-9H2,1-3H3,(H,20,21). The fraction of sp³-hybridized carbons (Fsp3) is 0.375. The van der Waals surface area contributed by atoms with E-state index in [-0.39, 0.29) is 10.7 Å².